The second-order valence-corrected chi connectivity index (χ2v) is 7.44. The van der Waals surface area contributed by atoms with Crippen molar-refractivity contribution >= 4 is 23.2 Å². The molecule has 0 saturated carbocycles. The van der Waals surface area contributed by atoms with E-state index < -0.39 is 11.0 Å². The van der Waals surface area contributed by atoms with E-state index >= 15 is 0 Å². The van der Waals surface area contributed by atoms with E-state index in [9.17, 15) is 19.7 Å². The predicted molar refractivity (Wildman–Crippen MR) is 118 cm³/mol. The van der Waals surface area contributed by atoms with Crippen LogP contribution in [-0.2, 0) is 11.3 Å². The topological polar surface area (TPSA) is 102 Å². The molecule has 0 spiro atoms. The van der Waals surface area contributed by atoms with Gasteiger partial charge in [-0.15, -0.1) is 0 Å². The van der Waals surface area contributed by atoms with E-state index in [1.165, 1.54) is 18.2 Å². The molecule has 3 aromatic rings. The molecule has 3 aromatic carbocycles. The van der Waals surface area contributed by atoms with Crippen LogP contribution in [0.25, 0.3) is 0 Å². The summed E-state index contributed by atoms with van der Waals surface area (Å²) in [7, 11) is 1.57. The molecule has 1 heterocycles. The van der Waals surface area contributed by atoms with E-state index in [1.54, 1.807) is 36.3 Å². The van der Waals surface area contributed by atoms with Crippen LogP contribution in [0.3, 0.4) is 0 Å². The van der Waals surface area contributed by atoms with Crippen molar-refractivity contribution in [1.82, 2.24) is 4.90 Å². The van der Waals surface area contributed by atoms with Gasteiger partial charge in [0.1, 0.15) is 5.75 Å². The number of fused-ring (bicyclic) bond motifs is 1. The highest BCUT2D eigenvalue weighted by Crippen LogP contribution is 2.34. The Bertz CT molecular complexity index is 1180. The van der Waals surface area contributed by atoms with E-state index in [2.05, 4.69) is 5.32 Å². The zero-order valence-corrected chi connectivity index (χ0v) is 17.4. The summed E-state index contributed by atoms with van der Waals surface area (Å²) in [6.07, 6.45) is -0.00521. The van der Waals surface area contributed by atoms with E-state index in [0.29, 0.717) is 23.5 Å². The van der Waals surface area contributed by atoms with Gasteiger partial charge < -0.3 is 15.0 Å². The number of benzene rings is 3. The Morgan fingerprint density at radius 2 is 1.88 bits per heavy atom. The summed E-state index contributed by atoms with van der Waals surface area (Å²) in [5.74, 6) is 0.184. The molecule has 0 bridgehead atoms. The number of ether oxygens (including phenoxy) is 1. The molecule has 1 aliphatic heterocycles. The van der Waals surface area contributed by atoms with Crippen LogP contribution >= 0.6 is 0 Å². The lowest BCUT2D eigenvalue weighted by Gasteiger charge is -2.28. The predicted octanol–water partition coefficient (Wildman–Crippen LogP) is 4.33. The number of nitrogens with one attached hydrogen (secondary N) is 1. The molecule has 4 rings (SSSR count). The second kappa shape index (κ2) is 8.89. The van der Waals surface area contributed by atoms with Crippen molar-refractivity contribution in [3.63, 3.8) is 0 Å². The summed E-state index contributed by atoms with van der Waals surface area (Å²) < 4.78 is 5.22. The highest BCUT2D eigenvalue weighted by Gasteiger charge is 2.34. The van der Waals surface area contributed by atoms with Gasteiger partial charge in [0.25, 0.3) is 11.6 Å². The normalized spacial score (nSPS) is 13.4. The number of hydrogen-bond acceptors (Lipinski definition) is 5. The Hall–Kier alpha value is -4.20. The van der Waals surface area contributed by atoms with Gasteiger partial charge in [0.05, 0.1) is 24.5 Å². The van der Waals surface area contributed by atoms with Crippen molar-refractivity contribution in [3.8, 4) is 5.75 Å². The number of amides is 2. The average molecular weight is 431 g/mol. The third-order valence-electron chi connectivity index (χ3n) is 5.45. The quantitative estimate of drug-likeness (QED) is 0.443. The van der Waals surface area contributed by atoms with Crippen LogP contribution < -0.4 is 10.1 Å². The van der Waals surface area contributed by atoms with Crippen LogP contribution in [0.4, 0.5) is 11.4 Å². The highest BCUT2D eigenvalue weighted by molar-refractivity contribution is 5.99. The lowest BCUT2D eigenvalue weighted by Crippen LogP contribution is -2.32. The van der Waals surface area contributed by atoms with Crippen LogP contribution in [0.5, 0.6) is 5.75 Å². The third-order valence-corrected chi connectivity index (χ3v) is 5.45. The molecular weight excluding hydrogens is 410 g/mol. The van der Waals surface area contributed by atoms with Crippen molar-refractivity contribution in [3.05, 3.63) is 99.6 Å². The van der Waals surface area contributed by atoms with Gasteiger partial charge in [-0.05, 0) is 35.4 Å². The molecule has 0 saturated heterocycles. The zero-order valence-electron chi connectivity index (χ0n) is 17.4. The molecular formula is C24H21N3O5. The Morgan fingerprint density at radius 1 is 1.12 bits per heavy atom. The van der Waals surface area contributed by atoms with Crippen LogP contribution in [0.2, 0.25) is 0 Å². The number of carbonyl (C=O) groups excluding carboxylic acids is 2. The molecule has 1 unspecified atom stereocenters. The summed E-state index contributed by atoms with van der Waals surface area (Å²) in [5.41, 5.74) is 2.55. The SMILES string of the molecule is COc1ccc(C(CC(=O)Nc2cccc([N+](=O)[O-])c2)N2Cc3ccccc3C2=O)cc1. The minimum Gasteiger partial charge on any atom is -0.497 e. The van der Waals surface area contributed by atoms with Gasteiger partial charge in [-0.25, -0.2) is 0 Å². The number of methoxy groups -OCH3 is 1. The number of nitro groups is 1. The lowest BCUT2D eigenvalue weighted by atomic mass is 10.0. The first-order valence-electron chi connectivity index (χ1n) is 10.0. The Kier molecular flexibility index (Phi) is 5.85. The smallest absolute Gasteiger partial charge is 0.271 e. The van der Waals surface area contributed by atoms with E-state index in [4.69, 9.17) is 4.74 Å². The molecule has 0 fully saturated rings. The maximum absolute atomic E-state index is 13.1. The maximum Gasteiger partial charge on any atom is 0.271 e. The van der Waals surface area contributed by atoms with E-state index in [0.717, 1.165) is 11.1 Å². The van der Waals surface area contributed by atoms with Crippen LogP contribution in [0.15, 0.2) is 72.8 Å². The zero-order chi connectivity index (χ0) is 22.7. The standard InChI is InChI=1S/C24H21N3O5/c1-32-20-11-9-16(10-12-20)22(26-15-17-5-2-3-8-21(17)24(26)29)14-23(28)25-18-6-4-7-19(13-18)27(30)31/h2-13,22H,14-15H2,1H3,(H,25,28). The van der Waals surface area contributed by atoms with Gasteiger partial charge in [0, 0.05) is 29.9 Å². The van der Waals surface area contributed by atoms with Crippen molar-refractivity contribution in [2.24, 2.45) is 0 Å². The molecule has 8 nitrogen and oxygen atoms in total. The molecule has 32 heavy (non-hydrogen) atoms. The number of non-ortho nitro benzene ring substituents is 1. The molecule has 8 heteroatoms. The summed E-state index contributed by atoms with van der Waals surface area (Å²) in [6, 6.07) is 19.9. The van der Waals surface area contributed by atoms with Crippen LogP contribution in [0.1, 0.15) is 33.9 Å². The number of hydrogen-bond donors (Lipinski definition) is 1. The summed E-state index contributed by atoms with van der Waals surface area (Å²) in [6.45, 7) is 0.399. The number of anilines is 1. The van der Waals surface area contributed by atoms with Crippen molar-refractivity contribution in [2.75, 3.05) is 12.4 Å². The van der Waals surface area contributed by atoms with Gasteiger partial charge in [0.15, 0.2) is 0 Å². The van der Waals surface area contributed by atoms with Gasteiger partial charge in [-0.3, -0.25) is 19.7 Å². The largest absolute Gasteiger partial charge is 0.497 e. The third kappa shape index (κ3) is 4.29. The average Bonchev–Trinajstić information content (AvgIpc) is 3.14. The number of rotatable bonds is 7. The Labute approximate surface area is 184 Å². The van der Waals surface area contributed by atoms with E-state index in [1.807, 2.05) is 30.3 Å². The Balaban J connectivity index is 1.59. The summed E-state index contributed by atoms with van der Waals surface area (Å²) in [4.78, 5) is 38.2. The van der Waals surface area contributed by atoms with Gasteiger partial charge in [0.2, 0.25) is 5.91 Å². The first-order chi connectivity index (χ1) is 15.5. The first kappa shape index (κ1) is 21.0. The van der Waals surface area contributed by atoms with E-state index in [-0.39, 0.29) is 23.9 Å². The molecule has 1 atom stereocenters. The monoisotopic (exact) mass is 431 g/mol. The minimum absolute atomic E-state index is 0.00521. The molecule has 0 aliphatic carbocycles. The number of nitrogens with zero attached hydrogens (tertiary/aromatic N) is 2. The first-order valence-corrected chi connectivity index (χ1v) is 10.0. The fraction of sp³-hybridized carbons (Fsp3) is 0.167. The molecule has 1 N–H and O–H groups in total. The Morgan fingerprint density at radius 3 is 2.56 bits per heavy atom. The van der Waals surface area contributed by atoms with Crippen LogP contribution in [-0.4, -0.2) is 28.7 Å². The highest BCUT2D eigenvalue weighted by atomic mass is 16.6. The second-order valence-electron chi connectivity index (χ2n) is 7.44. The molecule has 162 valence electrons. The summed E-state index contributed by atoms with van der Waals surface area (Å²) in [5, 5.41) is 13.7. The maximum atomic E-state index is 13.1. The fourth-order valence-corrected chi connectivity index (χ4v) is 3.85. The molecule has 1 aliphatic rings. The van der Waals surface area contributed by atoms with Gasteiger partial charge >= 0.3 is 0 Å². The molecule has 0 radical (unpaired) electrons. The number of nitro benzene ring substituents is 1. The van der Waals surface area contributed by atoms with Crippen molar-refractivity contribution < 1.29 is 19.2 Å². The molecule has 0 aromatic heterocycles. The van der Waals surface area contributed by atoms with Crippen molar-refractivity contribution in [2.45, 2.75) is 19.0 Å². The molecule has 2 amide bonds. The van der Waals surface area contributed by atoms with Gasteiger partial charge in [-0.1, -0.05) is 36.4 Å². The summed E-state index contributed by atoms with van der Waals surface area (Å²) >= 11 is 0. The lowest BCUT2D eigenvalue weighted by molar-refractivity contribution is -0.384. The van der Waals surface area contributed by atoms with Crippen molar-refractivity contribution in [1.29, 1.82) is 0 Å². The fourth-order valence-electron chi connectivity index (χ4n) is 3.85. The van der Waals surface area contributed by atoms with Gasteiger partial charge in [-0.2, -0.15) is 0 Å². The van der Waals surface area contributed by atoms with Crippen LogP contribution in [0, 0.1) is 10.1 Å². The number of carbonyl (C=O) groups is 2. The minimum atomic E-state index is -0.518.